The Morgan fingerprint density at radius 1 is 1.35 bits per heavy atom. The average Bonchev–Trinajstić information content (AvgIpc) is 2.98. The molecule has 0 bridgehead atoms. The van der Waals surface area contributed by atoms with Crippen molar-refractivity contribution in [2.45, 2.75) is 18.9 Å². The number of benzene rings is 1. The minimum absolute atomic E-state index is 0.677. The number of ether oxygens (including phenoxy) is 1. The van der Waals surface area contributed by atoms with E-state index in [2.05, 4.69) is 12.1 Å². The fraction of sp³-hybridized carbons (Fsp3) is 0.286. The van der Waals surface area contributed by atoms with Gasteiger partial charge in [-0.15, -0.1) is 11.3 Å². The van der Waals surface area contributed by atoms with Gasteiger partial charge in [-0.05, 0) is 30.5 Å². The zero-order valence-corrected chi connectivity index (χ0v) is 10.5. The summed E-state index contributed by atoms with van der Waals surface area (Å²) in [4.78, 5) is 0.937. The molecule has 1 aliphatic rings. The predicted molar refractivity (Wildman–Crippen MR) is 70.0 cm³/mol. The minimum atomic E-state index is -1.000. The number of hydrogen-bond donors (Lipinski definition) is 1. The van der Waals surface area contributed by atoms with Crippen LogP contribution in [-0.2, 0) is 10.3 Å². The molecule has 1 aromatic carbocycles. The van der Waals surface area contributed by atoms with Crippen molar-refractivity contribution in [1.29, 1.82) is 0 Å². The zero-order valence-electron chi connectivity index (χ0n) is 9.64. The largest absolute Gasteiger partial charge is 0.494 e. The van der Waals surface area contributed by atoms with Gasteiger partial charge in [0.05, 0.1) is 6.61 Å². The maximum Gasteiger partial charge on any atom is 0.152 e. The first-order valence-corrected chi connectivity index (χ1v) is 6.54. The lowest BCUT2D eigenvalue weighted by Gasteiger charge is -2.22. The Morgan fingerprint density at radius 2 is 2.18 bits per heavy atom. The van der Waals surface area contributed by atoms with E-state index >= 15 is 0 Å². The van der Waals surface area contributed by atoms with Gasteiger partial charge in [0.25, 0.3) is 0 Å². The molecule has 88 valence electrons. The van der Waals surface area contributed by atoms with Gasteiger partial charge in [0.1, 0.15) is 5.76 Å². The molecule has 1 unspecified atom stereocenters. The highest BCUT2D eigenvalue weighted by atomic mass is 32.1. The molecule has 1 atom stereocenters. The molecule has 0 saturated heterocycles. The Labute approximate surface area is 104 Å². The smallest absolute Gasteiger partial charge is 0.152 e. The van der Waals surface area contributed by atoms with Gasteiger partial charge in [0, 0.05) is 16.0 Å². The van der Waals surface area contributed by atoms with Crippen LogP contribution in [0.15, 0.2) is 42.2 Å². The highest BCUT2D eigenvalue weighted by Crippen LogP contribution is 2.39. The second-order valence-corrected chi connectivity index (χ2v) is 5.51. The molecule has 3 rings (SSSR count). The van der Waals surface area contributed by atoms with Gasteiger partial charge in [-0.2, -0.15) is 0 Å². The van der Waals surface area contributed by atoms with Crippen LogP contribution in [-0.4, -0.2) is 11.7 Å². The number of hydrogen-bond acceptors (Lipinski definition) is 3. The van der Waals surface area contributed by atoms with Gasteiger partial charge in [0.15, 0.2) is 5.60 Å². The first kappa shape index (κ1) is 10.8. The van der Waals surface area contributed by atoms with Crippen molar-refractivity contribution < 1.29 is 9.84 Å². The van der Waals surface area contributed by atoms with Crippen LogP contribution in [0.1, 0.15) is 18.2 Å². The van der Waals surface area contributed by atoms with E-state index < -0.39 is 5.60 Å². The average molecular weight is 246 g/mol. The van der Waals surface area contributed by atoms with Crippen molar-refractivity contribution in [2.24, 2.45) is 0 Å². The summed E-state index contributed by atoms with van der Waals surface area (Å²) in [6, 6.07) is 10.2. The molecule has 0 spiro atoms. The third kappa shape index (κ3) is 1.75. The highest BCUT2D eigenvalue weighted by Gasteiger charge is 2.33. The molecule has 17 heavy (non-hydrogen) atoms. The first-order chi connectivity index (χ1) is 8.18. The van der Waals surface area contributed by atoms with Crippen LogP contribution < -0.4 is 0 Å². The second-order valence-electron chi connectivity index (χ2n) is 4.43. The van der Waals surface area contributed by atoms with E-state index in [0.717, 1.165) is 11.3 Å². The Morgan fingerprint density at radius 3 is 2.88 bits per heavy atom. The summed E-state index contributed by atoms with van der Waals surface area (Å²) in [7, 11) is 0. The third-order valence-corrected chi connectivity index (χ3v) is 4.42. The normalized spacial score (nSPS) is 18.8. The Bertz CT molecular complexity index is 548. The quantitative estimate of drug-likeness (QED) is 0.880. The van der Waals surface area contributed by atoms with Crippen LogP contribution >= 0.6 is 11.3 Å². The van der Waals surface area contributed by atoms with Gasteiger partial charge >= 0.3 is 0 Å². The van der Waals surface area contributed by atoms with E-state index in [1.54, 1.807) is 18.3 Å². The fourth-order valence-corrected chi connectivity index (χ4v) is 3.21. The summed E-state index contributed by atoms with van der Waals surface area (Å²) in [5.41, 5.74) is -1.000. The molecule has 1 aliphatic heterocycles. The second kappa shape index (κ2) is 3.86. The summed E-state index contributed by atoms with van der Waals surface area (Å²) >= 11 is 1.62. The van der Waals surface area contributed by atoms with Gasteiger partial charge in [0.2, 0.25) is 0 Å². The van der Waals surface area contributed by atoms with Crippen molar-refractivity contribution in [3.05, 3.63) is 47.0 Å². The Balaban J connectivity index is 2.08. The van der Waals surface area contributed by atoms with Gasteiger partial charge in [-0.3, -0.25) is 0 Å². The van der Waals surface area contributed by atoms with E-state index in [-0.39, 0.29) is 0 Å². The first-order valence-electron chi connectivity index (χ1n) is 5.73. The molecular weight excluding hydrogens is 232 g/mol. The topological polar surface area (TPSA) is 29.5 Å². The molecule has 1 N–H and O–H groups in total. The molecule has 3 heteroatoms. The summed E-state index contributed by atoms with van der Waals surface area (Å²) in [5, 5.41) is 11.8. The maximum atomic E-state index is 10.6. The fourth-order valence-electron chi connectivity index (χ4n) is 2.10. The zero-order chi connectivity index (χ0) is 11.9. The minimum Gasteiger partial charge on any atom is -0.494 e. The number of thiophene rings is 1. The Hall–Kier alpha value is -1.32. The van der Waals surface area contributed by atoms with Crippen LogP contribution in [0.2, 0.25) is 0 Å². The molecule has 1 aromatic heterocycles. The molecule has 0 aliphatic carbocycles. The predicted octanol–water partition coefficient (Wildman–Crippen LogP) is 3.41. The van der Waals surface area contributed by atoms with Crippen molar-refractivity contribution in [3.8, 4) is 0 Å². The van der Waals surface area contributed by atoms with Gasteiger partial charge < -0.3 is 9.84 Å². The molecule has 2 aromatic rings. The van der Waals surface area contributed by atoms with Crippen molar-refractivity contribution in [2.75, 3.05) is 6.61 Å². The van der Waals surface area contributed by atoms with Crippen molar-refractivity contribution >= 4 is 21.4 Å². The highest BCUT2D eigenvalue weighted by molar-refractivity contribution is 7.19. The van der Waals surface area contributed by atoms with E-state index in [1.807, 2.05) is 24.3 Å². The van der Waals surface area contributed by atoms with Gasteiger partial charge in [-0.25, -0.2) is 0 Å². The molecule has 0 radical (unpaired) electrons. The lowest BCUT2D eigenvalue weighted by molar-refractivity contribution is 0.0348. The summed E-state index contributed by atoms with van der Waals surface area (Å²) in [5.74, 6) is 0.684. The van der Waals surface area contributed by atoms with Crippen LogP contribution in [0.5, 0.6) is 0 Å². The summed E-state index contributed by atoms with van der Waals surface area (Å²) in [6.45, 7) is 2.48. The third-order valence-electron chi connectivity index (χ3n) is 3.09. The van der Waals surface area contributed by atoms with Crippen LogP contribution in [0.25, 0.3) is 10.1 Å². The molecular formula is C14H14O2S. The Kier molecular flexibility index (Phi) is 2.45. The number of fused-ring (bicyclic) bond motifs is 1. The SMILES string of the molecule is CC(O)(C1=CCCO1)c1cc2ccccc2s1. The van der Waals surface area contributed by atoms with Crippen LogP contribution in [0.3, 0.4) is 0 Å². The summed E-state index contributed by atoms with van der Waals surface area (Å²) < 4.78 is 6.68. The number of rotatable bonds is 2. The molecule has 0 saturated carbocycles. The van der Waals surface area contributed by atoms with E-state index in [1.165, 1.54) is 10.1 Å². The van der Waals surface area contributed by atoms with E-state index in [0.29, 0.717) is 12.4 Å². The monoisotopic (exact) mass is 246 g/mol. The molecule has 2 heterocycles. The van der Waals surface area contributed by atoms with Gasteiger partial charge in [-0.1, -0.05) is 18.2 Å². The molecule has 0 amide bonds. The number of aliphatic hydroxyl groups is 1. The lowest BCUT2D eigenvalue weighted by Crippen LogP contribution is -2.23. The van der Waals surface area contributed by atoms with Crippen LogP contribution in [0, 0.1) is 0 Å². The summed E-state index contributed by atoms with van der Waals surface area (Å²) in [6.07, 6.45) is 2.86. The standard InChI is InChI=1S/C14H14O2S/c1-14(15,12-7-4-8-16-12)13-9-10-5-2-3-6-11(10)17-13/h2-3,5-7,9,15H,4,8H2,1H3. The van der Waals surface area contributed by atoms with E-state index in [4.69, 9.17) is 4.74 Å². The lowest BCUT2D eigenvalue weighted by atomic mass is 10.0. The van der Waals surface area contributed by atoms with Crippen molar-refractivity contribution in [1.82, 2.24) is 0 Å². The molecule has 0 fully saturated rings. The molecule has 2 nitrogen and oxygen atoms in total. The maximum absolute atomic E-state index is 10.6. The van der Waals surface area contributed by atoms with E-state index in [9.17, 15) is 5.11 Å². The van der Waals surface area contributed by atoms with Crippen molar-refractivity contribution in [3.63, 3.8) is 0 Å². The van der Waals surface area contributed by atoms with Crippen LogP contribution in [0.4, 0.5) is 0 Å².